The van der Waals surface area contributed by atoms with E-state index in [4.69, 9.17) is 26.8 Å². The van der Waals surface area contributed by atoms with E-state index in [-0.39, 0.29) is 5.96 Å². The maximum atomic E-state index is 8.36. The van der Waals surface area contributed by atoms with Crippen molar-refractivity contribution in [3.05, 3.63) is 46.0 Å². The highest BCUT2D eigenvalue weighted by Crippen LogP contribution is 2.47. The van der Waals surface area contributed by atoms with Crippen LogP contribution in [0.1, 0.15) is 17.9 Å². The zero-order valence-electron chi connectivity index (χ0n) is 9.77. The van der Waals surface area contributed by atoms with E-state index in [0.717, 1.165) is 6.54 Å². The Morgan fingerprint density at radius 1 is 1.44 bits per heavy atom. The number of rotatable bonds is 3. The standard InChI is InChI=1S/C11H15N3.HNO3/c12-11(13)14-7-9-6-10(9)8-4-2-1-3-5-8;2-1(3)4/h1-5,9-10H,6-7H2,(H4,12,13,14);(H,2,3,4)/t9-,10-;/m0./s1. The van der Waals surface area contributed by atoms with Gasteiger partial charge in [0.15, 0.2) is 5.96 Å². The first-order chi connectivity index (χ1) is 8.50. The van der Waals surface area contributed by atoms with Gasteiger partial charge in [0.05, 0.1) is 0 Å². The molecule has 1 saturated carbocycles. The molecule has 1 aromatic rings. The van der Waals surface area contributed by atoms with Crippen LogP contribution >= 0.6 is 0 Å². The maximum Gasteiger partial charge on any atom is 0.291 e. The summed E-state index contributed by atoms with van der Waals surface area (Å²) in [4.78, 5) is 12.4. The zero-order chi connectivity index (χ0) is 13.5. The van der Waals surface area contributed by atoms with Crippen LogP contribution in [0, 0.1) is 16.0 Å². The Hall–Kier alpha value is -2.31. The van der Waals surface area contributed by atoms with Gasteiger partial charge in [-0.2, -0.15) is 0 Å². The van der Waals surface area contributed by atoms with Gasteiger partial charge in [0.1, 0.15) is 0 Å². The van der Waals surface area contributed by atoms with Crippen molar-refractivity contribution in [1.29, 1.82) is 0 Å². The van der Waals surface area contributed by atoms with Crippen LogP contribution in [0.25, 0.3) is 0 Å². The molecule has 0 heterocycles. The molecule has 2 rings (SSSR count). The molecule has 1 aromatic carbocycles. The lowest BCUT2D eigenvalue weighted by Crippen LogP contribution is -2.23. The number of aliphatic imine (C=N–C) groups is 1. The molecule has 0 aliphatic heterocycles. The van der Waals surface area contributed by atoms with Crippen molar-refractivity contribution >= 4 is 5.96 Å². The van der Waals surface area contributed by atoms with Crippen molar-refractivity contribution in [2.24, 2.45) is 22.4 Å². The highest BCUT2D eigenvalue weighted by Gasteiger charge is 2.37. The molecule has 0 amide bonds. The van der Waals surface area contributed by atoms with Gasteiger partial charge >= 0.3 is 0 Å². The zero-order valence-corrected chi connectivity index (χ0v) is 9.77. The molecule has 0 spiro atoms. The van der Waals surface area contributed by atoms with E-state index in [2.05, 4.69) is 29.3 Å². The average Bonchev–Trinajstić information content (AvgIpc) is 3.06. The van der Waals surface area contributed by atoms with Gasteiger partial charge in [0, 0.05) is 6.54 Å². The fourth-order valence-electron chi connectivity index (χ4n) is 1.78. The first-order valence-corrected chi connectivity index (χ1v) is 5.44. The molecule has 0 saturated heterocycles. The molecule has 98 valence electrons. The van der Waals surface area contributed by atoms with Crippen LogP contribution in [0.4, 0.5) is 0 Å². The highest BCUT2D eigenvalue weighted by atomic mass is 16.9. The first kappa shape index (κ1) is 13.8. The fourth-order valence-corrected chi connectivity index (χ4v) is 1.78. The molecule has 7 nitrogen and oxygen atoms in total. The quantitative estimate of drug-likeness (QED) is 0.316. The highest BCUT2D eigenvalue weighted by molar-refractivity contribution is 5.75. The fraction of sp³-hybridized carbons (Fsp3) is 0.364. The molecule has 0 unspecified atom stereocenters. The van der Waals surface area contributed by atoms with Crippen LogP contribution in [-0.2, 0) is 0 Å². The largest absolute Gasteiger partial charge is 0.370 e. The number of hydrogen-bond acceptors (Lipinski definition) is 3. The lowest BCUT2D eigenvalue weighted by molar-refractivity contribution is -0.742. The molecule has 0 bridgehead atoms. The third-order valence-electron chi connectivity index (χ3n) is 2.66. The van der Waals surface area contributed by atoms with Crippen molar-refractivity contribution in [3.63, 3.8) is 0 Å². The lowest BCUT2D eigenvalue weighted by Gasteiger charge is -1.97. The molecule has 5 N–H and O–H groups in total. The molecule has 1 aliphatic rings. The Kier molecular flexibility index (Phi) is 4.91. The molecular weight excluding hydrogens is 236 g/mol. The Labute approximate surface area is 104 Å². The Bertz CT molecular complexity index is 414. The van der Waals surface area contributed by atoms with Gasteiger partial charge in [-0.25, -0.2) is 0 Å². The Balaban J connectivity index is 0.000000357. The third kappa shape index (κ3) is 5.15. The summed E-state index contributed by atoms with van der Waals surface area (Å²) in [5.41, 5.74) is 12.0. The van der Waals surface area contributed by atoms with Gasteiger partial charge in [0.2, 0.25) is 0 Å². The lowest BCUT2D eigenvalue weighted by atomic mass is 10.1. The molecule has 2 atom stereocenters. The second-order valence-corrected chi connectivity index (χ2v) is 4.02. The second kappa shape index (κ2) is 6.43. The van der Waals surface area contributed by atoms with E-state index < -0.39 is 5.09 Å². The summed E-state index contributed by atoms with van der Waals surface area (Å²) in [5, 5.41) is 13.6. The average molecular weight is 252 g/mol. The molecule has 7 heteroatoms. The van der Waals surface area contributed by atoms with Crippen LogP contribution in [0.15, 0.2) is 35.3 Å². The number of nitrogens with zero attached hydrogens (tertiary/aromatic N) is 2. The SMILES string of the molecule is NC(N)=NC[C@@H]1C[C@H]1c1ccccc1.O=[N+]([O-])O. The van der Waals surface area contributed by atoms with E-state index in [0.29, 0.717) is 11.8 Å². The van der Waals surface area contributed by atoms with E-state index in [1.165, 1.54) is 12.0 Å². The predicted molar refractivity (Wildman–Crippen MR) is 66.7 cm³/mol. The van der Waals surface area contributed by atoms with Crippen molar-refractivity contribution in [3.8, 4) is 0 Å². The summed E-state index contributed by atoms with van der Waals surface area (Å²) in [7, 11) is 0. The first-order valence-electron chi connectivity index (χ1n) is 5.44. The number of benzene rings is 1. The number of guanidine groups is 1. The third-order valence-corrected chi connectivity index (χ3v) is 2.66. The van der Waals surface area contributed by atoms with Crippen molar-refractivity contribution in [1.82, 2.24) is 0 Å². The summed E-state index contributed by atoms with van der Waals surface area (Å²) in [6.07, 6.45) is 1.21. The monoisotopic (exact) mass is 252 g/mol. The summed E-state index contributed by atoms with van der Waals surface area (Å²) >= 11 is 0. The van der Waals surface area contributed by atoms with Crippen molar-refractivity contribution in [2.45, 2.75) is 12.3 Å². The minimum atomic E-state index is -1.50. The number of hydrogen-bond donors (Lipinski definition) is 3. The van der Waals surface area contributed by atoms with Gasteiger partial charge in [0.25, 0.3) is 5.09 Å². The topological polar surface area (TPSA) is 128 Å². The van der Waals surface area contributed by atoms with Crippen molar-refractivity contribution < 1.29 is 10.3 Å². The van der Waals surface area contributed by atoms with Gasteiger partial charge < -0.3 is 16.7 Å². The maximum absolute atomic E-state index is 8.36. The smallest absolute Gasteiger partial charge is 0.291 e. The normalized spacial score (nSPS) is 20.2. The van der Waals surface area contributed by atoms with Gasteiger partial charge in [-0.3, -0.25) is 4.99 Å². The molecule has 18 heavy (non-hydrogen) atoms. The van der Waals surface area contributed by atoms with E-state index in [1.54, 1.807) is 0 Å². The van der Waals surface area contributed by atoms with Gasteiger partial charge in [-0.15, -0.1) is 10.1 Å². The van der Waals surface area contributed by atoms with E-state index >= 15 is 0 Å². The second-order valence-electron chi connectivity index (χ2n) is 4.02. The van der Waals surface area contributed by atoms with Gasteiger partial charge in [-0.05, 0) is 23.8 Å². The Morgan fingerprint density at radius 3 is 2.50 bits per heavy atom. The predicted octanol–water partition coefficient (Wildman–Crippen LogP) is 0.716. The van der Waals surface area contributed by atoms with Crippen molar-refractivity contribution in [2.75, 3.05) is 6.54 Å². The minimum Gasteiger partial charge on any atom is -0.370 e. The number of nitrogens with two attached hydrogens (primary N) is 2. The molecule has 1 aliphatic carbocycles. The van der Waals surface area contributed by atoms with Gasteiger partial charge in [-0.1, -0.05) is 30.3 Å². The van der Waals surface area contributed by atoms with E-state index in [1.807, 2.05) is 6.07 Å². The summed E-state index contributed by atoms with van der Waals surface area (Å²) in [6.45, 7) is 0.766. The van der Waals surface area contributed by atoms with Crippen LogP contribution in [0.2, 0.25) is 0 Å². The van der Waals surface area contributed by atoms with Crippen LogP contribution in [-0.4, -0.2) is 22.8 Å². The minimum absolute atomic E-state index is 0.198. The van der Waals surface area contributed by atoms with Crippen LogP contribution in [0.3, 0.4) is 0 Å². The molecule has 1 fully saturated rings. The van der Waals surface area contributed by atoms with Crippen LogP contribution in [0.5, 0.6) is 0 Å². The Morgan fingerprint density at radius 2 is 2.00 bits per heavy atom. The molecular formula is C11H16N4O3. The van der Waals surface area contributed by atoms with Crippen LogP contribution < -0.4 is 11.5 Å². The van der Waals surface area contributed by atoms with E-state index in [9.17, 15) is 0 Å². The summed E-state index contributed by atoms with van der Waals surface area (Å²) in [5.74, 6) is 1.50. The molecule has 0 radical (unpaired) electrons. The summed E-state index contributed by atoms with van der Waals surface area (Å²) < 4.78 is 0. The molecule has 0 aromatic heterocycles. The summed E-state index contributed by atoms with van der Waals surface area (Å²) in [6, 6.07) is 10.5.